The third-order valence-corrected chi connectivity index (χ3v) is 5.19. The zero-order valence-electron chi connectivity index (χ0n) is 18.5. The lowest BCUT2D eigenvalue weighted by molar-refractivity contribution is 0.0389. The van der Waals surface area contributed by atoms with Gasteiger partial charge in [-0.05, 0) is 30.7 Å². The number of guanidine groups is 1. The number of aliphatic imine (C=N–C) groups is 1. The second-order valence-corrected chi connectivity index (χ2v) is 7.48. The molecule has 3 rings (SSSR count). The van der Waals surface area contributed by atoms with Gasteiger partial charge in [0.2, 0.25) is 0 Å². The van der Waals surface area contributed by atoms with Gasteiger partial charge in [-0.2, -0.15) is 0 Å². The molecule has 0 spiro atoms. The molecule has 8 heteroatoms. The Balaban J connectivity index is 0.00000341. The maximum Gasteiger partial charge on any atom is 0.191 e. The van der Waals surface area contributed by atoms with Crippen molar-refractivity contribution in [3.8, 4) is 0 Å². The molecule has 1 fully saturated rings. The van der Waals surface area contributed by atoms with Crippen LogP contribution in [0.3, 0.4) is 0 Å². The minimum absolute atomic E-state index is 0. The first-order valence-electron chi connectivity index (χ1n) is 10.9. The summed E-state index contributed by atoms with van der Waals surface area (Å²) in [4.78, 5) is 9.48. The number of halogens is 1. The third kappa shape index (κ3) is 9.92. The van der Waals surface area contributed by atoms with Crippen molar-refractivity contribution in [2.45, 2.75) is 12.8 Å². The van der Waals surface area contributed by atoms with Gasteiger partial charge < -0.3 is 24.7 Å². The number of hydrogen-bond acceptors (Lipinski definition) is 5. The van der Waals surface area contributed by atoms with E-state index in [1.807, 2.05) is 18.2 Å². The number of benzene rings is 1. The quantitative estimate of drug-likeness (QED) is 0.198. The van der Waals surface area contributed by atoms with Crippen molar-refractivity contribution < 1.29 is 9.15 Å². The lowest BCUT2D eigenvalue weighted by Crippen LogP contribution is -2.45. The number of furan rings is 1. The van der Waals surface area contributed by atoms with Gasteiger partial charge in [0.25, 0.3) is 0 Å². The first-order valence-corrected chi connectivity index (χ1v) is 10.9. The Labute approximate surface area is 203 Å². The number of para-hydroxylation sites is 1. The molecule has 172 valence electrons. The SMILES string of the molecule is CN(CCCN=C(NCCc1ccco1)NCCN1CCOCC1)c1ccccc1.I. The highest BCUT2D eigenvalue weighted by atomic mass is 127. The first kappa shape index (κ1) is 25.5. The second-order valence-electron chi connectivity index (χ2n) is 7.48. The highest BCUT2D eigenvalue weighted by Crippen LogP contribution is 2.10. The summed E-state index contributed by atoms with van der Waals surface area (Å²) in [5.41, 5.74) is 1.24. The fourth-order valence-electron chi connectivity index (χ4n) is 3.40. The molecule has 31 heavy (non-hydrogen) atoms. The molecule has 0 amide bonds. The summed E-state index contributed by atoms with van der Waals surface area (Å²) in [6, 6.07) is 14.4. The zero-order chi connectivity index (χ0) is 20.9. The summed E-state index contributed by atoms with van der Waals surface area (Å²) in [7, 11) is 2.13. The molecule has 1 aliphatic heterocycles. The minimum atomic E-state index is 0. The van der Waals surface area contributed by atoms with Crippen molar-refractivity contribution in [2.75, 3.05) is 71.0 Å². The smallest absolute Gasteiger partial charge is 0.191 e. The summed E-state index contributed by atoms with van der Waals surface area (Å²) in [6.45, 7) is 8.09. The van der Waals surface area contributed by atoms with Gasteiger partial charge in [0.15, 0.2) is 5.96 Å². The average Bonchev–Trinajstić information content (AvgIpc) is 3.31. The zero-order valence-corrected chi connectivity index (χ0v) is 20.8. The van der Waals surface area contributed by atoms with Crippen LogP contribution in [0, 0.1) is 0 Å². The van der Waals surface area contributed by atoms with E-state index < -0.39 is 0 Å². The van der Waals surface area contributed by atoms with Crippen LogP contribution in [0.5, 0.6) is 0 Å². The normalized spacial score (nSPS) is 14.7. The fraction of sp³-hybridized carbons (Fsp3) is 0.522. The molecule has 7 nitrogen and oxygen atoms in total. The molecule has 1 saturated heterocycles. The van der Waals surface area contributed by atoms with Crippen molar-refractivity contribution in [2.24, 2.45) is 4.99 Å². The van der Waals surface area contributed by atoms with E-state index in [4.69, 9.17) is 14.1 Å². The van der Waals surface area contributed by atoms with Gasteiger partial charge in [-0.3, -0.25) is 9.89 Å². The summed E-state index contributed by atoms with van der Waals surface area (Å²) in [5.74, 6) is 1.86. The molecule has 2 N–H and O–H groups in total. The van der Waals surface area contributed by atoms with E-state index in [0.717, 1.165) is 83.6 Å². The van der Waals surface area contributed by atoms with Crippen molar-refractivity contribution in [3.63, 3.8) is 0 Å². The topological polar surface area (TPSA) is 65.3 Å². The van der Waals surface area contributed by atoms with Crippen LogP contribution in [-0.4, -0.2) is 76.9 Å². The summed E-state index contributed by atoms with van der Waals surface area (Å²) in [6.07, 6.45) is 3.56. The lowest BCUT2D eigenvalue weighted by Gasteiger charge is -2.26. The van der Waals surface area contributed by atoms with E-state index in [-0.39, 0.29) is 24.0 Å². The Morgan fingerprint density at radius 3 is 2.58 bits per heavy atom. The van der Waals surface area contributed by atoms with Gasteiger partial charge in [0.05, 0.1) is 19.5 Å². The van der Waals surface area contributed by atoms with E-state index in [2.05, 4.69) is 51.7 Å². The molecule has 1 aliphatic rings. The van der Waals surface area contributed by atoms with Crippen LogP contribution >= 0.6 is 24.0 Å². The van der Waals surface area contributed by atoms with Crippen LogP contribution in [0.15, 0.2) is 58.1 Å². The Bertz CT molecular complexity index is 721. The number of ether oxygens (including phenoxy) is 1. The fourth-order valence-corrected chi connectivity index (χ4v) is 3.40. The van der Waals surface area contributed by atoms with Crippen LogP contribution in [0.25, 0.3) is 0 Å². The number of morpholine rings is 1. The van der Waals surface area contributed by atoms with Gasteiger partial charge in [-0.1, -0.05) is 18.2 Å². The van der Waals surface area contributed by atoms with Gasteiger partial charge in [0.1, 0.15) is 5.76 Å². The van der Waals surface area contributed by atoms with E-state index in [1.165, 1.54) is 5.69 Å². The molecule has 0 bridgehead atoms. The Hall–Kier alpha value is -1.78. The van der Waals surface area contributed by atoms with Gasteiger partial charge in [-0.25, -0.2) is 0 Å². The summed E-state index contributed by atoms with van der Waals surface area (Å²) < 4.78 is 10.8. The Kier molecular flexibility index (Phi) is 12.4. The molecule has 0 atom stereocenters. The molecule has 0 unspecified atom stereocenters. The van der Waals surface area contributed by atoms with E-state index in [0.29, 0.717) is 0 Å². The van der Waals surface area contributed by atoms with Crippen LogP contribution in [0.4, 0.5) is 5.69 Å². The standard InChI is InChI=1S/C23H35N5O2.HI/c1-27(21-7-3-2-4-8-21)14-6-11-24-23(25-12-10-22-9-5-18-30-22)26-13-15-28-16-19-29-20-17-28;/h2-5,7-9,18H,6,10-17,19-20H2,1H3,(H2,24,25,26);1H. The molecular formula is C23H36IN5O2. The van der Waals surface area contributed by atoms with Crippen LogP contribution in [0.2, 0.25) is 0 Å². The largest absolute Gasteiger partial charge is 0.469 e. The van der Waals surface area contributed by atoms with Crippen LogP contribution in [-0.2, 0) is 11.2 Å². The van der Waals surface area contributed by atoms with Crippen LogP contribution < -0.4 is 15.5 Å². The molecule has 2 heterocycles. The molecule has 0 aliphatic carbocycles. The molecular weight excluding hydrogens is 505 g/mol. The molecule has 1 aromatic carbocycles. The maximum absolute atomic E-state index is 5.42. The van der Waals surface area contributed by atoms with Crippen molar-refractivity contribution in [3.05, 3.63) is 54.5 Å². The van der Waals surface area contributed by atoms with Gasteiger partial charge >= 0.3 is 0 Å². The number of hydrogen-bond donors (Lipinski definition) is 2. The predicted molar refractivity (Wildman–Crippen MR) is 138 cm³/mol. The Morgan fingerprint density at radius 1 is 1.06 bits per heavy atom. The number of nitrogens with one attached hydrogen (secondary N) is 2. The monoisotopic (exact) mass is 541 g/mol. The predicted octanol–water partition coefficient (Wildman–Crippen LogP) is 2.83. The van der Waals surface area contributed by atoms with Gasteiger partial charge in [0, 0.05) is 65.0 Å². The summed E-state index contributed by atoms with van der Waals surface area (Å²) in [5, 5.41) is 6.92. The summed E-state index contributed by atoms with van der Waals surface area (Å²) >= 11 is 0. The highest BCUT2D eigenvalue weighted by molar-refractivity contribution is 14.0. The Morgan fingerprint density at radius 2 is 1.84 bits per heavy atom. The number of rotatable bonds is 11. The maximum atomic E-state index is 5.42. The van der Waals surface area contributed by atoms with Crippen molar-refractivity contribution >= 4 is 35.6 Å². The number of anilines is 1. The first-order chi connectivity index (χ1) is 14.8. The van der Waals surface area contributed by atoms with E-state index in [9.17, 15) is 0 Å². The second kappa shape index (κ2) is 15.1. The van der Waals surface area contributed by atoms with Gasteiger partial charge in [-0.15, -0.1) is 24.0 Å². The molecule has 1 aromatic heterocycles. The van der Waals surface area contributed by atoms with E-state index >= 15 is 0 Å². The van der Waals surface area contributed by atoms with Crippen LogP contribution in [0.1, 0.15) is 12.2 Å². The van der Waals surface area contributed by atoms with Crippen molar-refractivity contribution in [1.82, 2.24) is 15.5 Å². The average molecular weight is 541 g/mol. The van der Waals surface area contributed by atoms with E-state index in [1.54, 1.807) is 6.26 Å². The highest BCUT2D eigenvalue weighted by Gasteiger charge is 2.10. The minimum Gasteiger partial charge on any atom is -0.469 e. The van der Waals surface area contributed by atoms with Crippen molar-refractivity contribution in [1.29, 1.82) is 0 Å². The third-order valence-electron chi connectivity index (χ3n) is 5.19. The molecule has 2 aromatic rings. The number of nitrogens with zero attached hydrogens (tertiary/aromatic N) is 3. The lowest BCUT2D eigenvalue weighted by atomic mass is 10.3. The molecule has 0 saturated carbocycles. The molecule has 0 radical (unpaired) electrons.